The zero-order valence-electron chi connectivity index (χ0n) is 14.8. The zero-order chi connectivity index (χ0) is 18.9. The van der Waals surface area contributed by atoms with Crippen molar-refractivity contribution in [3.05, 3.63) is 59.1 Å². The van der Waals surface area contributed by atoms with E-state index in [1.807, 2.05) is 0 Å². The van der Waals surface area contributed by atoms with E-state index in [1.54, 1.807) is 48.5 Å². The lowest BCUT2D eigenvalue weighted by Gasteiger charge is -2.09. The Morgan fingerprint density at radius 2 is 1.85 bits per heavy atom. The van der Waals surface area contributed by atoms with Crippen LogP contribution in [0.1, 0.15) is 30.6 Å². The molecule has 0 saturated heterocycles. The van der Waals surface area contributed by atoms with Crippen molar-refractivity contribution in [2.75, 3.05) is 18.5 Å². The molecular formula is C20H22ClNO4. The van der Waals surface area contributed by atoms with Gasteiger partial charge in [-0.1, -0.05) is 31.5 Å². The fourth-order valence-electron chi connectivity index (χ4n) is 2.06. The molecule has 2 rings (SSSR count). The molecule has 0 fully saturated rings. The number of amides is 1. The fourth-order valence-corrected chi connectivity index (χ4v) is 2.24. The van der Waals surface area contributed by atoms with Gasteiger partial charge in [-0.2, -0.15) is 0 Å². The van der Waals surface area contributed by atoms with Gasteiger partial charge in [0, 0.05) is 10.7 Å². The van der Waals surface area contributed by atoms with Gasteiger partial charge in [0.2, 0.25) is 0 Å². The molecule has 2 aromatic carbocycles. The van der Waals surface area contributed by atoms with Crippen molar-refractivity contribution in [3.8, 4) is 5.75 Å². The van der Waals surface area contributed by atoms with E-state index in [9.17, 15) is 9.59 Å². The van der Waals surface area contributed by atoms with Crippen LogP contribution < -0.4 is 10.1 Å². The first-order valence-electron chi connectivity index (χ1n) is 8.39. The maximum Gasteiger partial charge on any atom is 0.338 e. The number of halogens is 1. The summed E-state index contributed by atoms with van der Waals surface area (Å²) in [7, 11) is 0. The Kier molecular flexibility index (Phi) is 7.48. The predicted octanol–water partition coefficient (Wildman–Crippen LogP) is 4.56. The quantitative estimate of drug-likeness (QED) is 0.687. The van der Waals surface area contributed by atoms with Crippen molar-refractivity contribution >= 4 is 29.2 Å². The SMILES string of the molecule is CC(C)CCOC(=O)c1ccc(NC(=O)COc2cccc(Cl)c2)cc1. The molecule has 6 heteroatoms. The van der Waals surface area contributed by atoms with E-state index in [0.29, 0.717) is 34.5 Å². The minimum atomic E-state index is -0.368. The lowest BCUT2D eigenvalue weighted by Crippen LogP contribution is -2.20. The zero-order valence-corrected chi connectivity index (χ0v) is 15.6. The third-order valence-corrected chi connectivity index (χ3v) is 3.73. The summed E-state index contributed by atoms with van der Waals surface area (Å²) in [6, 6.07) is 13.4. The second-order valence-corrected chi connectivity index (χ2v) is 6.63. The molecule has 0 radical (unpaired) electrons. The number of rotatable bonds is 8. The van der Waals surface area contributed by atoms with E-state index in [4.69, 9.17) is 21.1 Å². The predicted molar refractivity (Wildman–Crippen MR) is 102 cm³/mol. The maximum atomic E-state index is 11.9. The standard InChI is InChI=1S/C20H22ClNO4/c1-14(2)10-11-25-20(24)15-6-8-17(9-7-15)22-19(23)13-26-18-5-3-4-16(21)12-18/h3-9,12,14H,10-11,13H2,1-2H3,(H,22,23). The molecule has 0 unspecified atom stereocenters. The average molecular weight is 376 g/mol. The minimum Gasteiger partial charge on any atom is -0.484 e. The molecule has 0 aliphatic carbocycles. The second-order valence-electron chi connectivity index (χ2n) is 6.19. The summed E-state index contributed by atoms with van der Waals surface area (Å²) >= 11 is 5.86. The Bertz CT molecular complexity index is 744. The van der Waals surface area contributed by atoms with E-state index in [2.05, 4.69) is 19.2 Å². The van der Waals surface area contributed by atoms with Crippen LogP contribution in [0.25, 0.3) is 0 Å². The van der Waals surface area contributed by atoms with Crippen molar-refractivity contribution in [1.29, 1.82) is 0 Å². The fraction of sp³-hybridized carbons (Fsp3) is 0.300. The Balaban J connectivity index is 1.80. The molecule has 0 aliphatic heterocycles. The van der Waals surface area contributed by atoms with Gasteiger partial charge in [-0.3, -0.25) is 4.79 Å². The lowest BCUT2D eigenvalue weighted by molar-refractivity contribution is -0.118. The van der Waals surface area contributed by atoms with Crippen LogP contribution in [0.3, 0.4) is 0 Å². The van der Waals surface area contributed by atoms with Crippen LogP contribution in [0.2, 0.25) is 5.02 Å². The van der Waals surface area contributed by atoms with Crippen LogP contribution in [0, 0.1) is 5.92 Å². The molecular weight excluding hydrogens is 354 g/mol. The first-order chi connectivity index (χ1) is 12.4. The number of carbonyl (C=O) groups excluding carboxylic acids is 2. The summed E-state index contributed by atoms with van der Waals surface area (Å²) in [6.45, 7) is 4.40. The van der Waals surface area contributed by atoms with Crippen LogP contribution >= 0.6 is 11.6 Å². The van der Waals surface area contributed by atoms with Gasteiger partial charge in [-0.25, -0.2) is 4.79 Å². The third-order valence-electron chi connectivity index (χ3n) is 3.50. The van der Waals surface area contributed by atoms with Gasteiger partial charge in [0.05, 0.1) is 12.2 Å². The number of hydrogen-bond acceptors (Lipinski definition) is 4. The van der Waals surface area contributed by atoms with Crippen LogP contribution in [0.15, 0.2) is 48.5 Å². The molecule has 1 amide bonds. The van der Waals surface area contributed by atoms with Gasteiger partial charge >= 0.3 is 5.97 Å². The molecule has 26 heavy (non-hydrogen) atoms. The molecule has 5 nitrogen and oxygen atoms in total. The number of anilines is 1. The topological polar surface area (TPSA) is 64.6 Å². The Hall–Kier alpha value is -2.53. The number of hydrogen-bond donors (Lipinski definition) is 1. The molecule has 0 aromatic heterocycles. The Labute approximate surface area is 158 Å². The molecule has 0 spiro atoms. The first-order valence-corrected chi connectivity index (χ1v) is 8.77. The summed E-state index contributed by atoms with van der Waals surface area (Å²) < 4.78 is 10.6. The average Bonchev–Trinajstić information content (AvgIpc) is 2.60. The minimum absolute atomic E-state index is 0.140. The van der Waals surface area contributed by atoms with Crippen LogP contribution in [0.5, 0.6) is 5.75 Å². The molecule has 0 bridgehead atoms. The van der Waals surface area contributed by atoms with Crippen LogP contribution in [-0.4, -0.2) is 25.1 Å². The molecule has 0 aliphatic rings. The largest absolute Gasteiger partial charge is 0.484 e. The van der Waals surface area contributed by atoms with Gasteiger partial charge in [0.15, 0.2) is 6.61 Å². The van der Waals surface area contributed by atoms with Crippen LogP contribution in [0.4, 0.5) is 5.69 Å². The molecule has 1 N–H and O–H groups in total. The van der Waals surface area contributed by atoms with E-state index < -0.39 is 0 Å². The number of esters is 1. The Morgan fingerprint density at radius 3 is 2.50 bits per heavy atom. The Morgan fingerprint density at radius 1 is 1.12 bits per heavy atom. The van der Waals surface area contributed by atoms with Gasteiger partial charge < -0.3 is 14.8 Å². The van der Waals surface area contributed by atoms with E-state index in [-0.39, 0.29) is 18.5 Å². The highest BCUT2D eigenvalue weighted by Gasteiger charge is 2.09. The molecule has 0 heterocycles. The van der Waals surface area contributed by atoms with Gasteiger partial charge in [-0.05, 0) is 54.8 Å². The van der Waals surface area contributed by atoms with Crippen molar-refractivity contribution in [2.24, 2.45) is 5.92 Å². The number of ether oxygens (including phenoxy) is 2. The summed E-state index contributed by atoms with van der Waals surface area (Å²) in [6.07, 6.45) is 0.826. The summed E-state index contributed by atoms with van der Waals surface area (Å²) in [4.78, 5) is 23.8. The lowest BCUT2D eigenvalue weighted by atomic mass is 10.1. The smallest absolute Gasteiger partial charge is 0.338 e. The monoisotopic (exact) mass is 375 g/mol. The molecule has 2 aromatic rings. The van der Waals surface area contributed by atoms with Gasteiger partial charge in [-0.15, -0.1) is 0 Å². The second kappa shape index (κ2) is 9.82. The third kappa shape index (κ3) is 6.76. The van der Waals surface area contributed by atoms with Crippen molar-refractivity contribution in [1.82, 2.24) is 0 Å². The highest BCUT2D eigenvalue weighted by atomic mass is 35.5. The van der Waals surface area contributed by atoms with Crippen LogP contribution in [-0.2, 0) is 9.53 Å². The van der Waals surface area contributed by atoms with Crippen molar-refractivity contribution in [3.63, 3.8) is 0 Å². The molecule has 0 saturated carbocycles. The van der Waals surface area contributed by atoms with Gasteiger partial charge in [0.25, 0.3) is 5.91 Å². The van der Waals surface area contributed by atoms with Gasteiger partial charge in [0.1, 0.15) is 5.75 Å². The van der Waals surface area contributed by atoms with Crippen molar-refractivity contribution < 1.29 is 19.1 Å². The summed E-state index contributed by atoms with van der Waals surface area (Å²) in [5.74, 6) is 0.326. The highest BCUT2D eigenvalue weighted by Crippen LogP contribution is 2.17. The van der Waals surface area contributed by atoms with Crippen molar-refractivity contribution in [2.45, 2.75) is 20.3 Å². The number of carbonyl (C=O) groups is 2. The normalized spacial score (nSPS) is 10.5. The van der Waals surface area contributed by atoms with E-state index in [0.717, 1.165) is 6.42 Å². The molecule has 0 atom stereocenters. The number of benzene rings is 2. The molecule has 138 valence electrons. The van der Waals surface area contributed by atoms with E-state index in [1.165, 1.54) is 0 Å². The first kappa shape index (κ1) is 19.8. The van der Waals surface area contributed by atoms with E-state index >= 15 is 0 Å². The summed E-state index contributed by atoms with van der Waals surface area (Å²) in [5.41, 5.74) is 1.02. The highest BCUT2D eigenvalue weighted by molar-refractivity contribution is 6.30. The maximum absolute atomic E-state index is 11.9. The summed E-state index contributed by atoms with van der Waals surface area (Å²) in [5, 5.41) is 3.24. The number of nitrogens with one attached hydrogen (secondary N) is 1.